The van der Waals surface area contributed by atoms with Gasteiger partial charge in [0.25, 0.3) is 5.91 Å². The summed E-state index contributed by atoms with van der Waals surface area (Å²) in [4.78, 5) is 34.3. The van der Waals surface area contributed by atoms with E-state index in [1.54, 1.807) is 42.3 Å². The normalized spacial score (nSPS) is 22.9. The smallest absolute Gasteiger partial charge is 0.266 e. The third kappa shape index (κ3) is 3.21. The average Bonchev–Trinajstić information content (AvgIpc) is 3.27. The number of hydrogen-bond donors (Lipinski definition) is 0. The number of amides is 2. The average molecular weight is 453 g/mol. The highest BCUT2D eigenvalue weighted by atomic mass is 35.5. The molecule has 0 unspecified atom stereocenters. The highest BCUT2D eigenvalue weighted by Gasteiger charge is 2.60. The molecule has 0 bridgehead atoms. The number of halogens is 2. The van der Waals surface area contributed by atoms with Gasteiger partial charge in [0, 0.05) is 10.0 Å². The van der Waals surface area contributed by atoms with Gasteiger partial charge in [-0.25, -0.2) is 9.96 Å². The van der Waals surface area contributed by atoms with Crippen molar-refractivity contribution in [3.63, 3.8) is 0 Å². The summed E-state index contributed by atoms with van der Waals surface area (Å²) in [5.41, 5.74) is 2.71. The first-order chi connectivity index (χ1) is 15.0. The number of anilines is 2. The number of carbonyl (C=O) groups excluding carboxylic acids is 2. The first-order valence-electron chi connectivity index (χ1n) is 9.87. The van der Waals surface area contributed by atoms with Crippen molar-refractivity contribution in [2.45, 2.75) is 19.1 Å². The molecular formula is C24H18Cl2N2O3. The number of imide groups is 1. The lowest BCUT2D eigenvalue weighted by atomic mass is 9.90. The molecule has 0 aliphatic carbocycles. The van der Waals surface area contributed by atoms with Crippen molar-refractivity contribution in [3.8, 4) is 0 Å². The van der Waals surface area contributed by atoms with E-state index in [1.807, 2.05) is 42.5 Å². The van der Waals surface area contributed by atoms with Crippen LogP contribution < -0.4 is 9.96 Å². The number of fused-ring (bicyclic) bond motifs is 1. The van der Waals surface area contributed by atoms with Crippen molar-refractivity contribution in [2.75, 3.05) is 9.96 Å². The molecular weight excluding hydrogens is 435 g/mol. The number of rotatable bonds is 3. The van der Waals surface area contributed by atoms with Gasteiger partial charge < -0.3 is 0 Å². The highest BCUT2D eigenvalue weighted by molar-refractivity contribution is 6.32. The van der Waals surface area contributed by atoms with Crippen LogP contribution in [-0.4, -0.2) is 17.9 Å². The van der Waals surface area contributed by atoms with Crippen LogP contribution in [0, 0.1) is 12.8 Å². The number of carbonyl (C=O) groups is 2. The Hall–Kier alpha value is -2.86. The van der Waals surface area contributed by atoms with Gasteiger partial charge in [-0.3, -0.25) is 14.4 Å². The highest BCUT2D eigenvalue weighted by Crippen LogP contribution is 2.48. The van der Waals surface area contributed by atoms with Crippen molar-refractivity contribution in [3.05, 3.63) is 94.0 Å². The summed E-state index contributed by atoms with van der Waals surface area (Å²) in [6.45, 7) is 1.79. The molecule has 2 aliphatic heterocycles. The third-order valence-electron chi connectivity index (χ3n) is 5.80. The van der Waals surface area contributed by atoms with Crippen molar-refractivity contribution < 1.29 is 14.4 Å². The molecule has 2 amide bonds. The van der Waals surface area contributed by atoms with Crippen molar-refractivity contribution >= 4 is 46.4 Å². The summed E-state index contributed by atoms with van der Waals surface area (Å²) in [6.07, 6.45) is -0.935. The van der Waals surface area contributed by atoms with Gasteiger partial charge in [0.2, 0.25) is 5.91 Å². The molecule has 0 spiro atoms. The van der Waals surface area contributed by atoms with Crippen LogP contribution in [0.4, 0.5) is 11.4 Å². The molecule has 0 radical (unpaired) electrons. The van der Waals surface area contributed by atoms with E-state index >= 15 is 0 Å². The van der Waals surface area contributed by atoms with Crippen LogP contribution in [0.1, 0.15) is 17.2 Å². The van der Waals surface area contributed by atoms with Gasteiger partial charge in [0.15, 0.2) is 6.10 Å². The van der Waals surface area contributed by atoms with Crippen molar-refractivity contribution in [2.24, 2.45) is 5.92 Å². The fourth-order valence-electron chi connectivity index (χ4n) is 4.32. The fourth-order valence-corrected chi connectivity index (χ4v) is 4.69. The van der Waals surface area contributed by atoms with E-state index in [0.717, 1.165) is 11.3 Å². The molecule has 0 aromatic heterocycles. The van der Waals surface area contributed by atoms with Crippen LogP contribution in [0.25, 0.3) is 0 Å². The van der Waals surface area contributed by atoms with Gasteiger partial charge in [0.05, 0.1) is 17.4 Å². The third-order valence-corrected chi connectivity index (χ3v) is 6.44. The van der Waals surface area contributed by atoms with Gasteiger partial charge in [-0.05, 0) is 54.4 Å². The van der Waals surface area contributed by atoms with Crippen LogP contribution in [0.3, 0.4) is 0 Å². The fraction of sp³-hybridized carbons (Fsp3) is 0.167. The topological polar surface area (TPSA) is 49.9 Å². The van der Waals surface area contributed by atoms with E-state index in [1.165, 1.54) is 4.90 Å². The predicted molar refractivity (Wildman–Crippen MR) is 120 cm³/mol. The molecule has 7 heteroatoms. The molecule has 5 nitrogen and oxygen atoms in total. The van der Waals surface area contributed by atoms with Crippen molar-refractivity contribution in [1.82, 2.24) is 0 Å². The number of hydrogen-bond acceptors (Lipinski definition) is 4. The Bertz CT molecular complexity index is 1180. The molecule has 3 aromatic carbocycles. The maximum absolute atomic E-state index is 13.6. The molecule has 31 heavy (non-hydrogen) atoms. The molecule has 2 fully saturated rings. The van der Waals surface area contributed by atoms with E-state index in [0.29, 0.717) is 21.3 Å². The van der Waals surface area contributed by atoms with Gasteiger partial charge in [-0.15, -0.1) is 0 Å². The van der Waals surface area contributed by atoms with E-state index in [-0.39, 0.29) is 5.91 Å². The number of hydroxylamine groups is 1. The number of nitrogens with zero attached hydrogens (tertiary/aromatic N) is 2. The zero-order valence-electron chi connectivity index (χ0n) is 16.5. The molecule has 2 saturated heterocycles. The van der Waals surface area contributed by atoms with E-state index in [4.69, 9.17) is 28.0 Å². The van der Waals surface area contributed by atoms with Gasteiger partial charge in [-0.2, -0.15) is 0 Å². The lowest BCUT2D eigenvalue weighted by molar-refractivity contribution is -0.126. The summed E-state index contributed by atoms with van der Waals surface area (Å²) in [7, 11) is 0. The number of benzene rings is 3. The molecule has 0 N–H and O–H groups in total. The lowest BCUT2D eigenvalue weighted by Crippen LogP contribution is -2.37. The lowest BCUT2D eigenvalue weighted by Gasteiger charge is -2.29. The molecule has 3 aromatic rings. The Morgan fingerprint density at radius 3 is 2.35 bits per heavy atom. The molecule has 2 heterocycles. The van der Waals surface area contributed by atoms with Gasteiger partial charge >= 0.3 is 0 Å². The molecule has 3 atom stereocenters. The minimum absolute atomic E-state index is 0.316. The SMILES string of the molecule is Cc1c(Cl)cccc1N1C(=O)[C@@H]2[C@@H](c3cccc(Cl)c3)N(c3ccccc3)O[C@H]2C1=O. The second kappa shape index (κ2) is 7.68. The standard InChI is InChI=1S/C24H18Cl2N2O3/c1-14-18(26)11-6-12-19(14)27-23(29)20-21(15-7-5-8-16(25)13-15)28(31-22(20)24(27)30)17-9-3-2-4-10-17/h2-13,20-22H,1H3/t20-,21-,22-/m1/s1. The minimum Gasteiger partial charge on any atom is -0.273 e. The van der Waals surface area contributed by atoms with Crippen molar-refractivity contribution in [1.29, 1.82) is 0 Å². The maximum atomic E-state index is 13.6. The van der Waals surface area contributed by atoms with Crippen LogP contribution in [0.15, 0.2) is 72.8 Å². The van der Waals surface area contributed by atoms with Crippen LogP contribution in [0.2, 0.25) is 10.0 Å². The molecule has 5 rings (SSSR count). The Morgan fingerprint density at radius 2 is 1.61 bits per heavy atom. The Kier molecular flexibility index (Phi) is 4.97. The van der Waals surface area contributed by atoms with Crippen LogP contribution in [0.5, 0.6) is 0 Å². The molecule has 156 valence electrons. The maximum Gasteiger partial charge on any atom is 0.266 e. The van der Waals surface area contributed by atoms with Crippen LogP contribution >= 0.6 is 23.2 Å². The summed E-state index contributed by atoms with van der Waals surface area (Å²) in [6, 6.07) is 21.4. The summed E-state index contributed by atoms with van der Waals surface area (Å²) in [5, 5.41) is 2.69. The summed E-state index contributed by atoms with van der Waals surface area (Å²) in [5.74, 6) is -1.43. The monoisotopic (exact) mass is 452 g/mol. The van der Waals surface area contributed by atoms with Crippen LogP contribution in [-0.2, 0) is 14.4 Å². The van der Waals surface area contributed by atoms with Gasteiger partial charge in [-0.1, -0.05) is 59.6 Å². The Balaban J connectivity index is 1.61. The summed E-state index contributed by atoms with van der Waals surface area (Å²) >= 11 is 12.5. The second-order valence-corrected chi connectivity index (χ2v) is 8.45. The summed E-state index contributed by atoms with van der Waals surface area (Å²) < 4.78 is 0. The van der Waals surface area contributed by atoms with E-state index in [9.17, 15) is 9.59 Å². The number of para-hydroxylation sites is 1. The zero-order valence-corrected chi connectivity index (χ0v) is 18.0. The molecule has 2 aliphatic rings. The Labute approximate surface area is 189 Å². The first-order valence-corrected chi connectivity index (χ1v) is 10.6. The van der Waals surface area contributed by atoms with E-state index < -0.39 is 24.0 Å². The Morgan fingerprint density at radius 1 is 0.871 bits per heavy atom. The minimum atomic E-state index is -0.935. The van der Waals surface area contributed by atoms with E-state index in [2.05, 4.69) is 0 Å². The quantitative estimate of drug-likeness (QED) is 0.502. The zero-order chi connectivity index (χ0) is 21.7. The molecule has 0 saturated carbocycles. The first kappa shape index (κ1) is 20.1. The largest absolute Gasteiger partial charge is 0.273 e. The van der Waals surface area contributed by atoms with Gasteiger partial charge in [0.1, 0.15) is 5.92 Å². The predicted octanol–water partition coefficient (Wildman–Crippen LogP) is 5.35. The second-order valence-electron chi connectivity index (χ2n) is 7.61.